The summed E-state index contributed by atoms with van der Waals surface area (Å²) in [5, 5.41) is 6.02. The number of nitrogens with zero attached hydrogens (tertiary/aromatic N) is 3. The van der Waals surface area contributed by atoms with Crippen LogP contribution < -0.4 is 9.91 Å². The molecule has 2 aromatic rings. The van der Waals surface area contributed by atoms with Crippen molar-refractivity contribution >= 4 is 17.7 Å². The molecule has 0 saturated carbocycles. The number of hydrogen-bond donors (Lipinski definition) is 0. The molecule has 3 heteroatoms. The smallest absolute Gasteiger partial charge is 0.237 e. The van der Waals surface area contributed by atoms with E-state index in [1.54, 1.807) is 11.3 Å². The fraction of sp³-hybridized carbons (Fsp3) is 0. The normalized spacial score (nSPS) is 14.4. The summed E-state index contributed by atoms with van der Waals surface area (Å²) in [4.78, 5) is 1.87. The Labute approximate surface area is 101 Å². The number of hydrogen-bond acceptors (Lipinski definition) is 3. The van der Waals surface area contributed by atoms with Crippen LogP contribution in [-0.4, -0.2) is 6.34 Å². The lowest BCUT2D eigenvalue weighted by Gasteiger charge is -2.16. The van der Waals surface area contributed by atoms with E-state index in [-0.39, 0.29) is 0 Å². The maximum absolute atomic E-state index is 4.29. The summed E-state index contributed by atoms with van der Waals surface area (Å²) in [6.45, 7) is 3.17. The van der Waals surface area contributed by atoms with E-state index in [1.165, 1.54) is 0 Å². The van der Waals surface area contributed by atoms with Crippen molar-refractivity contribution in [3.63, 3.8) is 0 Å². The Kier molecular flexibility index (Phi) is 2.50. The average molecular weight is 221 g/mol. The Morgan fingerprint density at radius 3 is 2.00 bits per heavy atom. The molecule has 0 amide bonds. The fourth-order valence-electron chi connectivity index (χ4n) is 1.66. The van der Waals surface area contributed by atoms with Gasteiger partial charge in [0.1, 0.15) is 6.34 Å². The van der Waals surface area contributed by atoms with Crippen molar-refractivity contribution in [3.05, 3.63) is 67.3 Å². The molecule has 0 atom stereocenters. The molecular weight excluding hydrogens is 210 g/mol. The van der Waals surface area contributed by atoms with E-state index in [4.69, 9.17) is 0 Å². The van der Waals surface area contributed by atoms with Crippen LogP contribution in [0.4, 0.5) is 11.4 Å². The molecule has 1 aliphatic heterocycles. The highest BCUT2D eigenvalue weighted by Gasteiger charge is 2.18. The van der Waals surface area contributed by atoms with Crippen molar-refractivity contribution in [3.8, 4) is 0 Å². The SMILES string of the molecule is [C]1N(c2ccccc2)C=NN1c1ccccc1. The second-order valence-electron chi connectivity index (χ2n) is 3.68. The summed E-state index contributed by atoms with van der Waals surface area (Å²) in [6, 6.07) is 20.0. The standard InChI is InChI=1S/C14H11N3/c1-3-7-13(8-4-1)16-11-15-17(12-16)14-9-5-2-6-10-14/h1-11H. The third-order valence-electron chi connectivity index (χ3n) is 2.52. The van der Waals surface area contributed by atoms with E-state index in [2.05, 4.69) is 11.8 Å². The van der Waals surface area contributed by atoms with Crippen molar-refractivity contribution in [1.29, 1.82) is 0 Å². The number of rotatable bonds is 2. The van der Waals surface area contributed by atoms with Gasteiger partial charge in [0, 0.05) is 5.69 Å². The van der Waals surface area contributed by atoms with Gasteiger partial charge in [-0.25, -0.2) is 5.01 Å². The van der Waals surface area contributed by atoms with Gasteiger partial charge < -0.3 is 0 Å². The van der Waals surface area contributed by atoms with Gasteiger partial charge in [0.2, 0.25) is 6.67 Å². The summed E-state index contributed by atoms with van der Waals surface area (Å²) in [5.74, 6) is 0. The Balaban J connectivity index is 1.78. The molecule has 0 aliphatic carbocycles. The third-order valence-corrected chi connectivity index (χ3v) is 2.52. The predicted molar refractivity (Wildman–Crippen MR) is 69.6 cm³/mol. The highest BCUT2D eigenvalue weighted by Crippen LogP contribution is 2.23. The zero-order valence-corrected chi connectivity index (χ0v) is 9.19. The van der Waals surface area contributed by atoms with Crippen LogP contribution in [0.15, 0.2) is 65.8 Å². The van der Waals surface area contributed by atoms with Crippen LogP contribution in [0.2, 0.25) is 0 Å². The van der Waals surface area contributed by atoms with Crippen molar-refractivity contribution < 1.29 is 0 Å². The van der Waals surface area contributed by atoms with E-state index < -0.39 is 0 Å². The molecular formula is C14H11N3. The monoisotopic (exact) mass is 221 g/mol. The van der Waals surface area contributed by atoms with E-state index in [0.29, 0.717) is 0 Å². The molecule has 0 unspecified atom stereocenters. The van der Waals surface area contributed by atoms with E-state index in [9.17, 15) is 0 Å². The highest BCUT2D eigenvalue weighted by molar-refractivity contribution is 5.85. The molecule has 0 spiro atoms. The molecule has 17 heavy (non-hydrogen) atoms. The van der Waals surface area contributed by atoms with Crippen molar-refractivity contribution in [1.82, 2.24) is 0 Å². The largest absolute Gasteiger partial charge is 0.298 e. The minimum atomic E-state index is 1.00. The predicted octanol–water partition coefficient (Wildman–Crippen LogP) is 2.95. The first-order valence-electron chi connectivity index (χ1n) is 5.43. The first-order chi connectivity index (χ1) is 8.43. The maximum atomic E-state index is 4.29. The molecule has 0 saturated heterocycles. The van der Waals surface area contributed by atoms with Gasteiger partial charge in [-0.2, -0.15) is 5.10 Å². The van der Waals surface area contributed by atoms with Crippen molar-refractivity contribution in [2.75, 3.05) is 9.91 Å². The lowest BCUT2D eigenvalue weighted by molar-refractivity contribution is 1.02. The van der Waals surface area contributed by atoms with E-state index >= 15 is 0 Å². The van der Waals surface area contributed by atoms with Gasteiger partial charge in [0.15, 0.2) is 0 Å². The molecule has 0 aromatic heterocycles. The highest BCUT2D eigenvalue weighted by atomic mass is 15.6. The number of benzene rings is 2. The molecule has 0 N–H and O–H groups in total. The lowest BCUT2D eigenvalue weighted by Crippen LogP contribution is -2.19. The molecule has 1 aliphatic rings. The van der Waals surface area contributed by atoms with Crippen LogP contribution in [0.1, 0.15) is 0 Å². The number of hydrazone groups is 1. The summed E-state index contributed by atoms with van der Waals surface area (Å²) >= 11 is 0. The lowest BCUT2D eigenvalue weighted by atomic mass is 10.3. The third kappa shape index (κ3) is 1.99. The summed E-state index contributed by atoms with van der Waals surface area (Å²) in [7, 11) is 0. The first-order valence-corrected chi connectivity index (χ1v) is 5.43. The Morgan fingerprint density at radius 2 is 1.35 bits per heavy atom. The molecule has 2 radical (unpaired) electrons. The van der Waals surface area contributed by atoms with Crippen LogP contribution in [0, 0.1) is 6.67 Å². The summed E-state index contributed by atoms with van der Waals surface area (Å²) in [5.41, 5.74) is 2.05. The van der Waals surface area contributed by atoms with Gasteiger partial charge in [0.25, 0.3) is 0 Å². The molecule has 82 valence electrons. The topological polar surface area (TPSA) is 18.8 Å². The fourth-order valence-corrected chi connectivity index (χ4v) is 1.66. The summed E-state index contributed by atoms with van der Waals surface area (Å²) in [6.07, 6.45) is 1.75. The Bertz CT molecular complexity index is 460. The molecule has 0 bridgehead atoms. The molecule has 3 nitrogen and oxygen atoms in total. The van der Waals surface area contributed by atoms with E-state index in [1.807, 2.05) is 65.6 Å². The van der Waals surface area contributed by atoms with Gasteiger partial charge in [-0.3, -0.25) is 4.90 Å². The second-order valence-corrected chi connectivity index (χ2v) is 3.68. The van der Waals surface area contributed by atoms with Gasteiger partial charge in [-0.15, -0.1) is 0 Å². The quantitative estimate of drug-likeness (QED) is 0.776. The zero-order chi connectivity index (χ0) is 11.5. The summed E-state index contributed by atoms with van der Waals surface area (Å²) < 4.78 is 0. The first kappa shape index (κ1) is 9.90. The molecule has 1 heterocycles. The van der Waals surface area contributed by atoms with Crippen LogP contribution in [-0.2, 0) is 0 Å². The molecule has 2 aromatic carbocycles. The number of para-hydroxylation sites is 2. The van der Waals surface area contributed by atoms with Gasteiger partial charge in [-0.05, 0) is 24.3 Å². The minimum absolute atomic E-state index is 1.00. The van der Waals surface area contributed by atoms with E-state index in [0.717, 1.165) is 11.4 Å². The molecule has 3 rings (SSSR count). The number of anilines is 2. The van der Waals surface area contributed by atoms with Gasteiger partial charge in [0.05, 0.1) is 5.69 Å². The van der Waals surface area contributed by atoms with Crippen LogP contribution in [0.25, 0.3) is 0 Å². The van der Waals surface area contributed by atoms with Crippen LogP contribution in [0.5, 0.6) is 0 Å². The van der Waals surface area contributed by atoms with Gasteiger partial charge >= 0.3 is 0 Å². The van der Waals surface area contributed by atoms with Crippen molar-refractivity contribution in [2.45, 2.75) is 0 Å². The average Bonchev–Trinajstić information content (AvgIpc) is 2.90. The van der Waals surface area contributed by atoms with Crippen LogP contribution >= 0.6 is 0 Å². The van der Waals surface area contributed by atoms with Gasteiger partial charge in [-0.1, -0.05) is 36.4 Å². The minimum Gasteiger partial charge on any atom is -0.298 e. The van der Waals surface area contributed by atoms with Crippen molar-refractivity contribution in [2.24, 2.45) is 5.10 Å². The maximum Gasteiger partial charge on any atom is 0.237 e. The zero-order valence-electron chi connectivity index (χ0n) is 9.19. The van der Waals surface area contributed by atoms with Crippen LogP contribution in [0.3, 0.4) is 0 Å². The Hall–Kier alpha value is -2.29. The second kappa shape index (κ2) is 4.29. The molecule has 0 fully saturated rings. The Morgan fingerprint density at radius 1 is 0.765 bits per heavy atom.